The minimum absolute atomic E-state index is 0.0297. The van der Waals surface area contributed by atoms with Crippen molar-refractivity contribution in [2.45, 2.75) is 51.2 Å². The van der Waals surface area contributed by atoms with Crippen molar-refractivity contribution in [3.8, 4) is 0 Å². The van der Waals surface area contributed by atoms with E-state index in [0.717, 1.165) is 6.42 Å². The van der Waals surface area contributed by atoms with Gasteiger partial charge in [-0.3, -0.25) is 0 Å². The molecule has 1 aliphatic rings. The van der Waals surface area contributed by atoms with Crippen molar-refractivity contribution in [2.24, 2.45) is 0 Å². The Balaban J connectivity index is 2.41. The highest BCUT2D eigenvalue weighted by Gasteiger charge is 2.30. The molecule has 1 aliphatic heterocycles. The summed E-state index contributed by atoms with van der Waals surface area (Å²) < 4.78 is 31.8. The fourth-order valence-corrected chi connectivity index (χ4v) is 3.46. The fraction of sp³-hybridized carbons (Fsp3) is 1.00. The van der Waals surface area contributed by atoms with Crippen molar-refractivity contribution >= 4 is 10.0 Å². The molecule has 17 heavy (non-hydrogen) atoms. The summed E-state index contributed by atoms with van der Waals surface area (Å²) in [7, 11) is -3.22. The van der Waals surface area contributed by atoms with E-state index in [4.69, 9.17) is 9.84 Å². The third kappa shape index (κ3) is 5.81. The van der Waals surface area contributed by atoms with Crippen LogP contribution in [-0.2, 0) is 14.8 Å². The number of sulfonamides is 1. The highest BCUT2D eigenvalue weighted by molar-refractivity contribution is 7.89. The van der Waals surface area contributed by atoms with Crippen molar-refractivity contribution < 1.29 is 18.3 Å². The molecule has 1 fully saturated rings. The smallest absolute Gasteiger partial charge is 0.211 e. The van der Waals surface area contributed by atoms with Crippen molar-refractivity contribution in [1.29, 1.82) is 0 Å². The average Bonchev–Trinajstić information content (AvgIpc) is 2.15. The Morgan fingerprint density at radius 2 is 2.12 bits per heavy atom. The Kier molecular flexibility index (Phi) is 5.37. The number of unbranched alkanes of at least 4 members (excludes halogenated alkanes) is 1. The van der Waals surface area contributed by atoms with E-state index in [0.29, 0.717) is 25.9 Å². The van der Waals surface area contributed by atoms with Crippen LogP contribution in [0.3, 0.4) is 0 Å². The van der Waals surface area contributed by atoms with Crippen molar-refractivity contribution in [3.63, 3.8) is 0 Å². The zero-order valence-electron chi connectivity index (χ0n) is 10.6. The molecule has 1 saturated heterocycles. The summed E-state index contributed by atoms with van der Waals surface area (Å²) in [6, 6.07) is -0.0297. The summed E-state index contributed by atoms with van der Waals surface area (Å²) in [6.45, 7) is 4.58. The molecular formula is C11H23NO4S. The third-order valence-electron chi connectivity index (χ3n) is 2.86. The standard InChI is InChI=1S/C11H23NO4S/c1-11(2)9-10(5-7-16-11)12-17(14,15)8-4-3-6-13/h10,12-13H,3-9H2,1-2H3. The molecule has 1 atom stereocenters. The molecular weight excluding hydrogens is 242 g/mol. The largest absolute Gasteiger partial charge is 0.396 e. The van der Waals surface area contributed by atoms with Gasteiger partial charge in [0.2, 0.25) is 10.0 Å². The van der Waals surface area contributed by atoms with Crippen molar-refractivity contribution in [3.05, 3.63) is 0 Å². The van der Waals surface area contributed by atoms with Gasteiger partial charge in [0.05, 0.1) is 11.4 Å². The predicted molar refractivity (Wildman–Crippen MR) is 66.3 cm³/mol. The zero-order chi connectivity index (χ0) is 12.9. The van der Waals surface area contributed by atoms with Crippen LogP contribution in [0.4, 0.5) is 0 Å². The summed E-state index contributed by atoms with van der Waals surface area (Å²) >= 11 is 0. The topological polar surface area (TPSA) is 75.6 Å². The lowest BCUT2D eigenvalue weighted by Gasteiger charge is -2.35. The molecule has 0 aliphatic carbocycles. The minimum Gasteiger partial charge on any atom is -0.396 e. The first-order valence-electron chi connectivity index (χ1n) is 6.09. The van der Waals surface area contributed by atoms with E-state index in [1.54, 1.807) is 0 Å². The number of aliphatic hydroxyl groups excluding tert-OH is 1. The van der Waals surface area contributed by atoms with E-state index in [-0.39, 0.29) is 24.0 Å². The van der Waals surface area contributed by atoms with Crippen LogP contribution in [0.15, 0.2) is 0 Å². The molecule has 0 amide bonds. The van der Waals surface area contributed by atoms with Gasteiger partial charge in [0.25, 0.3) is 0 Å². The van der Waals surface area contributed by atoms with Crippen LogP contribution in [0, 0.1) is 0 Å². The number of hydrogen-bond donors (Lipinski definition) is 2. The second-order valence-corrected chi connectivity index (χ2v) is 7.04. The van der Waals surface area contributed by atoms with Crippen LogP contribution in [0.1, 0.15) is 39.5 Å². The molecule has 0 saturated carbocycles. The summed E-state index contributed by atoms with van der Waals surface area (Å²) in [5.41, 5.74) is -0.253. The molecule has 1 heterocycles. The number of ether oxygens (including phenoxy) is 1. The molecule has 2 N–H and O–H groups in total. The Morgan fingerprint density at radius 1 is 1.41 bits per heavy atom. The van der Waals surface area contributed by atoms with Gasteiger partial charge in [-0.25, -0.2) is 13.1 Å². The number of hydrogen-bond acceptors (Lipinski definition) is 4. The molecule has 1 rings (SSSR count). The molecule has 0 spiro atoms. The monoisotopic (exact) mass is 265 g/mol. The number of aliphatic hydroxyl groups is 1. The van der Waals surface area contributed by atoms with Gasteiger partial charge in [-0.1, -0.05) is 0 Å². The Labute approximate surface area is 104 Å². The van der Waals surface area contributed by atoms with Gasteiger partial charge in [0, 0.05) is 19.3 Å². The normalized spacial score (nSPS) is 24.8. The van der Waals surface area contributed by atoms with Crippen LogP contribution in [0.2, 0.25) is 0 Å². The quantitative estimate of drug-likeness (QED) is 0.691. The van der Waals surface area contributed by atoms with Gasteiger partial charge in [0.15, 0.2) is 0 Å². The Hall–Kier alpha value is -0.170. The molecule has 6 heteroatoms. The van der Waals surface area contributed by atoms with E-state index in [9.17, 15) is 8.42 Å². The molecule has 5 nitrogen and oxygen atoms in total. The van der Waals surface area contributed by atoms with Gasteiger partial charge in [-0.2, -0.15) is 0 Å². The van der Waals surface area contributed by atoms with Crippen LogP contribution in [-0.4, -0.2) is 44.1 Å². The maximum absolute atomic E-state index is 11.8. The first-order chi connectivity index (χ1) is 7.85. The summed E-state index contributed by atoms with van der Waals surface area (Å²) in [4.78, 5) is 0. The van der Waals surface area contributed by atoms with E-state index in [2.05, 4.69) is 4.72 Å². The molecule has 1 unspecified atom stereocenters. The molecule has 0 aromatic heterocycles. The van der Waals surface area contributed by atoms with E-state index in [1.165, 1.54) is 0 Å². The highest BCUT2D eigenvalue weighted by atomic mass is 32.2. The van der Waals surface area contributed by atoms with E-state index >= 15 is 0 Å². The lowest BCUT2D eigenvalue weighted by molar-refractivity contribution is -0.0599. The predicted octanol–water partition coefficient (Wildman–Crippen LogP) is 0.636. The lowest BCUT2D eigenvalue weighted by atomic mass is 9.95. The average molecular weight is 265 g/mol. The maximum atomic E-state index is 11.8. The van der Waals surface area contributed by atoms with Gasteiger partial charge in [-0.05, 0) is 39.5 Å². The van der Waals surface area contributed by atoms with Crippen LogP contribution in [0.25, 0.3) is 0 Å². The summed E-state index contributed by atoms with van der Waals surface area (Å²) in [6.07, 6.45) is 2.45. The number of rotatable bonds is 6. The van der Waals surface area contributed by atoms with Gasteiger partial charge >= 0.3 is 0 Å². The van der Waals surface area contributed by atoms with E-state index < -0.39 is 10.0 Å². The third-order valence-corrected chi connectivity index (χ3v) is 4.38. The molecule has 0 aromatic carbocycles. The van der Waals surface area contributed by atoms with Gasteiger partial charge in [0.1, 0.15) is 0 Å². The van der Waals surface area contributed by atoms with Crippen molar-refractivity contribution in [1.82, 2.24) is 4.72 Å². The van der Waals surface area contributed by atoms with Gasteiger partial charge < -0.3 is 9.84 Å². The number of nitrogens with one attached hydrogen (secondary N) is 1. The summed E-state index contributed by atoms with van der Waals surface area (Å²) in [5, 5.41) is 8.62. The van der Waals surface area contributed by atoms with Crippen LogP contribution >= 0.6 is 0 Å². The molecule has 102 valence electrons. The Morgan fingerprint density at radius 3 is 2.71 bits per heavy atom. The first-order valence-corrected chi connectivity index (χ1v) is 7.75. The van der Waals surface area contributed by atoms with Crippen LogP contribution in [0.5, 0.6) is 0 Å². The molecule has 0 radical (unpaired) electrons. The molecule has 0 bridgehead atoms. The lowest BCUT2D eigenvalue weighted by Crippen LogP contribution is -2.46. The SMILES string of the molecule is CC1(C)CC(NS(=O)(=O)CCCCO)CCO1. The summed E-state index contributed by atoms with van der Waals surface area (Å²) in [5.74, 6) is 0.0886. The van der Waals surface area contributed by atoms with Crippen molar-refractivity contribution in [2.75, 3.05) is 19.0 Å². The zero-order valence-corrected chi connectivity index (χ0v) is 11.4. The fourth-order valence-electron chi connectivity index (χ4n) is 2.05. The molecule has 0 aromatic rings. The maximum Gasteiger partial charge on any atom is 0.211 e. The minimum atomic E-state index is -3.22. The van der Waals surface area contributed by atoms with Gasteiger partial charge in [-0.15, -0.1) is 0 Å². The first kappa shape index (κ1) is 14.9. The highest BCUT2D eigenvalue weighted by Crippen LogP contribution is 2.24. The second-order valence-electron chi connectivity index (χ2n) is 5.17. The Bertz CT molecular complexity index is 326. The van der Waals surface area contributed by atoms with Crippen LogP contribution < -0.4 is 4.72 Å². The van der Waals surface area contributed by atoms with E-state index in [1.807, 2.05) is 13.8 Å². The second kappa shape index (κ2) is 6.13.